The Bertz CT molecular complexity index is 765. The lowest BCUT2D eigenvalue weighted by molar-refractivity contribution is -0.116. The minimum atomic E-state index is -0.191. The SMILES string of the molecule is O=C1CCCC2=C1C(c1cccc(Br)c1)n1ncnc1N2. The molecule has 1 N–H and O–H groups in total. The van der Waals surface area contributed by atoms with Crippen LogP contribution in [0.4, 0.5) is 5.95 Å². The Morgan fingerprint density at radius 1 is 1.33 bits per heavy atom. The van der Waals surface area contributed by atoms with E-state index in [-0.39, 0.29) is 11.8 Å². The molecule has 106 valence electrons. The van der Waals surface area contributed by atoms with Crippen molar-refractivity contribution in [3.63, 3.8) is 0 Å². The van der Waals surface area contributed by atoms with Crippen LogP contribution in [-0.2, 0) is 4.79 Å². The van der Waals surface area contributed by atoms with E-state index in [4.69, 9.17) is 0 Å². The third-order valence-electron chi connectivity index (χ3n) is 3.97. The Morgan fingerprint density at radius 2 is 2.24 bits per heavy atom. The molecular weight excluding hydrogens is 332 g/mol. The van der Waals surface area contributed by atoms with E-state index in [1.54, 1.807) is 4.68 Å². The Labute approximate surface area is 130 Å². The first-order valence-electron chi connectivity index (χ1n) is 6.92. The van der Waals surface area contributed by atoms with Crippen LogP contribution in [0.1, 0.15) is 30.9 Å². The molecule has 2 heterocycles. The number of halogens is 1. The van der Waals surface area contributed by atoms with Crippen LogP contribution in [0.25, 0.3) is 0 Å². The van der Waals surface area contributed by atoms with Crippen LogP contribution in [0.2, 0.25) is 0 Å². The van der Waals surface area contributed by atoms with Gasteiger partial charge in [-0.1, -0.05) is 28.1 Å². The second-order valence-corrected chi connectivity index (χ2v) is 6.20. The summed E-state index contributed by atoms with van der Waals surface area (Å²) in [5.74, 6) is 0.906. The number of allylic oxidation sites excluding steroid dienone is 2. The zero-order chi connectivity index (χ0) is 14.4. The van der Waals surface area contributed by atoms with E-state index < -0.39 is 0 Å². The third kappa shape index (κ3) is 2.01. The maximum absolute atomic E-state index is 12.5. The van der Waals surface area contributed by atoms with Gasteiger partial charge in [0.2, 0.25) is 5.95 Å². The van der Waals surface area contributed by atoms with Crippen LogP contribution in [0, 0.1) is 0 Å². The Kier molecular flexibility index (Phi) is 2.92. The monoisotopic (exact) mass is 344 g/mol. The first-order chi connectivity index (χ1) is 10.2. The summed E-state index contributed by atoms with van der Waals surface area (Å²) in [5, 5.41) is 7.57. The summed E-state index contributed by atoms with van der Waals surface area (Å²) in [4.78, 5) is 16.7. The van der Waals surface area contributed by atoms with Gasteiger partial charge >= 0.3 is 0 Å². The van der Waals surface area contributed by atoms with Gasteiger partial charge in [-0.05, 0) is 30.5 Å². The molecule has 1 unspecified atom stereocenters. The van der Waals surface area contributed by atoms with Gasteiger partial charge in [0.25, 0.3) is 0 Å². The number of aromatic nitrogens is 3. The first kappa shape index (κ1) is 12.8. The maximum Gasteiger partial charge on any atom is 0.226 e. The highest BCUT2D eigenvalue weighted by atomic mass is 79.9. The molecule has 0 fully saturated rings. The molecule has 2 aromatic rings. The number of fused-ring (bicyclic) bond motifs is 1. The highest BCUT2D eigenvalue weighted by molar-refractivity contribution is 9.10. The van der Waals surface area contributed by atoms with Gasteiger partial charge in [0.15, 0.2) is 5.78 Å². The predicted octanol–water partition coefficient (Wildman–Crippen LogP) is 3.06. The number of anilines is 1. The molecule has 0 spiro atoms. The molecule has 0 saturated carbocycles. The number of nitrogens with zero attached hydrogens (tertiary/aromatic N) is 3. The number of carbonyl (C=O) groups excluding carboxylic acids is 1. The second kappa shape index (κ2) is 4.80. The van der Waals surface area contributed by atoms with Gasteiger partial charge in [-0.25, -0.2) is 4.68 Å². The molecule has 5 nitrogen and oxygen atoms in total. The average molecular weight is 345 g/mol. The van der Waals surface area contributed by atoms with Gasteiger partial charge < -0.3 is 5.32 Å². The molecule has 2 aliphatic rings. The lowest BCUT2D eigenvalue weighted by atomic mass is 9.85. The van der Waals surface area contributed by atoms with Gasteiger partial charge in [0.1, 0.15) is 12.4 Å². The van der Waals surface area contributed by atoms with Crippen molar-refractivity contribution >= 4 is 27.7 Å². The van der Waals surface area contributed by atoms with E-state index >= 15 is 0 Å². The van der Waals surface area contributed by atoms with Crippen LogP contribution in [-0.4, -0.2) is 20.5 Å². The van der Waals surface area contributed by atoms with E-state index in [2.05, 4.69) is 31.3 Å². The number of nitrogens with one attached hydrogen (secondary N) is 1. The molecule has 21 heavy (non-hydrogen) atoms. The van der Waals surface area contributed by atoms with Gasteiger partial charge in [-0.15, -0.1) is 0 Å². The van der Waals surface area contributed by atoms with Crippen molar-refractivity contribution in [2.45, 2.75) is 25.3 Å². The summed E-state index contributed by atoms with van der Waals surface area (Å²) in [6.07, 6.45) is 3.91. The molecule has 0 bridgehead atoms. The molecule has 0 amide bonds. The highest BCUT2D eigenvalue weighted by Gasteiger charge is 2.35. The minimum absolute atomic E-state index is 0.191. The third-order valence-corrected chi connectivity index (χ3v) is 4.47. The van der Waals surface area contributed by atoms with Gasteiger partial charge in [-0.3, -0.25) is 4.79 Å². The van der Waals surface area contributed by atoms with Crippen LogP contribution >= 0.6 is 15.9 Å². The molecule has 1 aliphatic carbocycles. The standard InChI is InChI=1S/C15H13BrN4O/c16-10-4-1-3-9(7-10)14-13-11(5-2-6-12(13)21)19-15-17-8-18-20(14)15/h1,3-4,7-8,14H,2,5-6H2,(H,17,18,19). The normalized spacial score (nSPS) is 20.8. The summed E-state index contributed by atoms with van der Waals surface area (Å²) < 4.78 is 2.79. The zero-order valence-corrected chi connectivity index (χ0v) is 12.8. The van der Waals surface area contributed by atoms with Crippen LogP contribution in [0.3, 0.4) is 0 Å². The zero-order valence-electron chi connectivity index (χ0n) is 11.2. The van der Waals surface area contributed by atoms with Crippen molar-refractivity contribution in [2.24, 2.45) is 0 Å². The number of hydrogen-bond acceptors (Lipinski definition) is 4. The van der Waals surface area contributed by atoms with E-state index in [1.807, 2.05) is 24.3 Å². The van der Waals surface area contributed by atoms with E-state index in [1.165, 1.54) is 6.33 Å². The minimum Gasteiger partial charge on any atom is -0.328 e. The fourth-order valence-electron chi connectivity index (χ4n) is 3.08. The molecule has 1 aromatic heterocycles. The number of benzene rings is 1. The van der Waals surface area contributed by atoms with E-state index in [0.717, 1.165) is 34.1 Å². The summed E-state index contributed by atoms with van der Waals surface area (Å²) in [5.41, 5.74) is 2.87. The van der Waals surface area contributed by atoms with Crippen molar-refractivity contribution < 1.29 is 4.79 Å². The van der Waals surface area contributed by atoms with Crippen molar-refractivity contribution in [3.8, 4) is 0 Å². The van der Waals surface area contributed by atoms with Gasteiger partial charge in [0.05, 0.1) is 0 Å². The van der Waals surface area contributed by atoms with Gasteiger partial charge in [0, 0.05) is 22.2 Å². The molecule has 0 radical (unpaired) electrons. The van der Waals surface area contributed by atoms with Crippen molar-refractivity contribution in [1.82, 2.24) is 14.8 Å². The van der Waals surface area contributed by atoms with Crippen molar-refractivity contribution in [1.29, 1.82) is 0 Å². The lowest BCUT2D eigenvalue weighted by Gasteiger charge is -2.32. The fourth-order valence-corrected chi connectivity index (χ4v) is 3.50. The van der Waals surface area contributed by atoms with Crippen LogP contribution in [0.15, 0.2) is 46.3 Å². The Hall–Kier alpha value is -1.95. The summed E-state index contributed by atoms with van der Waals surface area (Å²) in [7, 11) is 0. The maximum atomic E-state index is 12.5. The lowest BCUT2D eigenvalue weighted by Crippen LogP contribution is -2.31. The molecule has 1 aromatic carbocycles. The van der Waals surface area contributed by atoms with Gasteiger partial charge in [-0.2, -0.15) is 10.1 Å². The number of hydrogen-bond donors (Lipinski definition) is 1. The number of carbonyl (C=O) groups is 1. The van der Waals surface area contributed by atoms with Crippen molar-refractivity contribution in [3.05, 3.63) is 51.9 Å². The molecule has 1 aliphatic heterocycles. The number of ketones is 1. The molecule has 0 saturated heterocycles. The molecular formula is C15H13BrN4O. The predicted molar refractivity (Wildman–Crippen MR) is 81.8 cm³/mol. The highest BCUT2D eigenvalue weighted by Crippen LogP contribution is 2.39. The summed E-state index contributed by atoms with van der Waals surface area (Å²) >= 11 is 3.50. The van der Waals surface area contributed by atoms with Crippen molar-refractivity contribution in [2.75, 3.05) is 5.32 Å². The number of Topliss-reactive ketones (excluding diaryl/α,β-unsaturated/α-hetero) is 1. The molecule has 6 heteroatoms. The summed E-state index contributed by atoms with van der Waals surface area (Å²) in [6.45, 7) is 0. The molecule has 4 rings (SSSR count). The van der Waals surface area contributed by atoms with Crippen LogP contribution < -0.4 is 5.32 Å². The number of rotatable bonds is 1. The summed E-state index contributed by atoms with van der Waals surface area (Å²) in [6, 6.07) is 7.83. The topological polar surface area (TPSA) is 59.8 Å². The fraction of sp³-hybridized carbons (Fsp3) is 0.267. The smallest absolute Gasteiger partial charge is 0.226 e. The first-order valence-corrected chi connectivity index (χ1v) is 7.71. The van der Waals surface area contributed by atoms with Crippen LogP contribution in [0.5, 0.6) is 0 Å². The second-order valence-electron chi connectivity index (χ2n) is 5.28. The van der Waals surface area contributed by atoms with E-state index in [9.17, 15) is 4.79 Å². The van der Waals surface area contributed by atoms with E-state index in [0.29, 0.717) is 12.4 Å². The average Bonchev–Trinajstić information content (AvgIpc) is 2.93. The largest absolute Gasteiger partial charge is 0.328 e. The Morgan fingerprint density at radius 3 is 3.10 bits per heavy atom. The molecule has 1 atom stereocenters. The quantitative estimate of drug-likeness (QED) is 0.863. The Balaban J connectivity index is 1.93.